The molecule has 0 aromatic heterocycles. The Hall–Kier alpha value is -1.35. The van der Waals surface area contributed by atoms with Crippen LogP contribution in [0.2, 0.25) is 0 Å². The second-order valence-electron chi connectivity index (χ2n) is 6.69. The molecule has 22 heavy (non-hydrogen) atoms. The van der Waals surface area contributed by atoms with Crippen molar-refractivity contribution in [2.24, 2.45) is 5.92 Å². The zero-order chi connectivity index (χ0) is 15.2. The van der Waals surface area contributed by atoms with Gasteiger partial charge in [-0.05, 0) is 37.2 Å². The van der Waals surface area contributed by atoms with Gasteiger partial charge < -0.3 is 10.1 Å². The minimum Gasteiger partial charge on any atom is -0.378 e. The summed E-state index contributed by atoms with van der Waals surface area (Å²) in [6.45, 7) is 0.808. The highest BCUT2D eigenvalue weighted by Gasteiger charge is 2.27. The van der Waals surface area contributed by atoms with E-state index in [9.17, 15) is 4.79 Å². The number of carbonyl (C=O) groups is 1. The molecule has 0 radical (unpaired) electrons. The van der Waals surface area contributed by atoms with Gasteiger partial charge >= 0.3 is 0 Å². The van der Waals surface area contributed by atoms with E-state index in [0.29, 0.717) is 12.3 Å². The third kappa shape index (κ3) is 4.10. The number of amides is 1. The molecule has 0 spiro atoms. The zero-order valence-corrected chi connectivity index (χ0v) is 13.3. The Morgan fingerprint density at radius 1 is 1.09 bits per heavy atom. The second-order valence-corrected chi connectivity index (χ2v) is 6.69. The highest BCUT2D eigenvalue weighted by atomic mass is 16.5. The summed E-state index contributed by atoms with van der Waals surface area (Å²) in [4.78, 5) is 12.4. The fourth-order valence-corrected chi connectivity index (χ4v) is 3.85. The number of hydrogen-bond donors (Lipinski definition) is 1. The first-order valence-corrected chi connectivity index (χ1v) is 8.79. The largest absolute Gasteiger partial charge is 0.378 e. The predicted octanol–water partition coefficient (Wildman–Crippen LogP) is 3.99. The number of carbonyl (C=O) groups excluding carboxylic acids is 1. The summed E-state index contributed by atoms with van der Waals surface area (Å²) in [5, 5.41) is 3.31. The fourth-order valence-electron chi connectivity index (χ4n) is 3.85. The Balaban J connectivity index is 1.66. The summed E-state index contributed by atoms with van der Waals surface area (Å²) in [7, 11) is 0. The molecular weight excluding hydrogens is 274 g/mol. The maximum atomic E-state index is 12.4. The molecule has 1 aliphatic carbocycles. The number of benzene rings is 1. The average Bonchev–Trinajstić information content (AvgIpc) is 3.07. The highest BCUT2D eigenvalue weighted by Crippen LogP contribution is 2.34. The van der Waals surface area contributed by atoms with Gasteiger partial charge in [-0.1, -0.05) is 49.6 Å². The van der Waals surface area contributed by atoms with E-state index in [0.717, 1.165) is 19.4 Å². The Morgan fingerprint density at radius 2 is 1.86 bits per heavy atom. The highest BCUT2D eigenvalue weighted by molar-refractivity contribution is 5.77. The van der Waals surface area contributed by atoms with Crippen molar-refractivity contribution in [3.8, 4) is 0 Å². The summed E-state index contributed by atoms with van der Waals surface area (Å²) >= 11 is 0. The summed E-state index contributed by atoms with van der Waals surface area (Å²) in [5.41, 5.74) is 1.25. The zero-order valence-electron chi connectivity index (χ0n) is 13.3. The van der Waals surface area contributed by atoms with E-state index in [1.165, 1.54) is 37.7 Å². The standard InChI is InChI=1S/C19H27NO2/c21-18(14-17-12-7-13-22-17)20-19(15-8-3-1-4-9-15)16-10-5-2-6-11-16/h1,3-4,8-9,16-17,19H,2,5-7,10-14H2,(H,20,21). The van der Waals surface area contributed by atoms with Gasteiger partial charge in [-0.2, -0.15) is 0 Å². The van der Waals surface area contributed by atoms with E-state index in [1.807, 2.05) is 6.07 Å². The van der Waals surface area contributed by atoms with Crippen molar-refractivity contribution >= 4 is 5.91 Å². The SMILES string of the molecule is O=C(CC1CCCO1)NC(c1ccccc1)C1CCCCC1. The van der Waals surface area contributed by atoms with Crippen LogP contribution in [0.4, 0.5) is 0 Å². The van der Waals surface area contributed by atoms with Crippen LogP contribution in [-0.4, -0.2) is 18.6 Å². The van der Waals surface area contributed by atoms with E-state index in [-0.39, 0.29) is 18.1 Å². The average molecular weight is 301 g/mol. The Morgan fingerprint density at radius 3 is 2.55 bits per heavy atom. The first kappa shape index (κ1) is 15.5. The molecule has 1 aromatic carbocycles. The predicted molar refractivity (Wildman–Crippen MR) is 87.5 cm³/mol. The van der Waals surface area contributed by atoms with Crippen LogP contribution in [0.15, 0.2) is 30.3 Å². The molecule has 0 bridgehead atoms. The number of rotatable bonds is 5. The molecule has 2 fully saturated rings. The van der Waals surface area contributed by atoms with Crippen LogP contribution in [0, 0.1) is 5.92 Å². The summed E-state index contributed by atoms with van der Waals surface area (Å²) in [5.74, 6) is 0.718. The van der Waals surface area contributed by atoms with Gasteiger partial charge in [-0.3, -0.25) is 4.79 Å². The van der Waals surface area contributed by atoms with Crippen molar-refractivity contribution in [3.63, 3.8) is 0 Å². The summed E-state index contributed by atoms with van der Waals surface area (Å²) < 4.78 is 5.60. The molecule has 1 saturated heterocycles. The lowest BCUT2D eigenvalue weighted by molar-refractivity contribution is -0.124. The molecule has 2 unspecified atom stereocenters. The molecule has 1 amide bonds. The van der Waals surface area contributed by atoms with Crippen LogP contribution in [0.5, 0.6) is 0 Å². The van der Waals surface area contributed by atoms with Gasteiger partial charge in [0.1, 0.15) is 0 Å². The van der Waals surface area contributed by atoms with Crippen LogP contribution in [0.3, 0.4) is 0 Å². The van der Waals surface area contributed by atoms with Crippen molar-refractivity contribution in [3.05, 3.63) is 35.9 Å². The lowest BCUT2D eigenvalue weighted by atomic mass is 9.81. The van der Waals surface area contributed by atoms with Crippen molar-refractivity contribution < 1.29 is 9.53 Å². The molecule has 1 saturated carbocycles. The molecule has 3 nitrogen and oxygen atoms in total. The minimum atomic E-state index is 0.128. The van der Waals surface area contributed by atoms with Gasteiger partial charge in [-0.15, -0.1) is 0 Å². The topological polar surface area (TPSA) is 38.3 Å². The molecule has 1 N–H and O–H groups in total. The van der Waals surface area contributed by atoms with Gasteiger partial charge in [0, 0.05) is 6.61 Å². The molecular formula is C19H27NO2. The smallest absolute Gasteiger partial charge is 0.223 e. The third-order valence-corrected chi connectivity index (χ3v) is 5.03. The monoisotopic (exact) mass is 301 g/mol. The maximum Gasteiger partial charge on any atom is 0.223 e. The number of ether oxygens (including phenoxy) is 1. The third-order valence-electron chi connectivity index (χ3n) is 5.03. The van der Waals surface area contributed by atoms with Crippen molar-refractivity contribution in [1.29, 1.82) is 0 Å². The quantitative estimate of drug-likeness (QED) is 0.893. The molecule has 2 aliphatic rings. The maximum absolute atomic E-state index is 12.4. The van der Waals surface area contributed by atoms with Gasteiger partial charge in [0.15, 0.2) is 0 Å². The van der Waals surface area contributed by atoms with Crippen LogP contribution in [-0.2, 0) is 9.53 Å². The van der Waals surface area contributed by atoms with E-state index < -0.39 is 0 Å². The van der Waals surface area contributed by atoms with Crippen LogP contribution >= 0.6 is 0 Å². The van der Waals surface area contributed by atoms with Crippen LogP contribution in [0.25, 0.3) is 0 Å². The molecule has 3 heteroatoms. The van der Waals surface area contributed by atoms with Gasteiger partial charge in [-0.25, -0.2) is 0 Å². The van der Waals surface area contributed by atoms with Crippen molar-refractivity contribution in [1.82, 2.24) is 5.32 Å². The van der Waals surface area contributed by atoms with E-state index in [1.54, 1.807) is 0 Å². The van der Waals surface area contributed by atoms with Crippen molar-refractivity contribution in [2.45, 2.75) is 63.5 Å². The molecule has 120 valence electrons. The summed E-state index contributed by atoms with van der Waals surface area (Å²) in [6.07, 6.45) is 9.10. The fraction of sp³-hybridized carbons (Fsp3) is 0.632. The van der Waals surface area contributed by atoms with Gasteiger partial charge in [0.2, 0.25) is 5.91 Å². The lowest BCUT2D eigenvalue weighted by Gasteiger charge is -2.31. The molecule has 2 atom stereocenters. The molecule has 1 aromatic rings. The molecule has 3 rings (SSSR count). The van der Waals surface area contributed by atoms with Crippen LogP contribution in [0.1, 0.15) is 63.0 Å². The van der Waals surface area contributed by atoms with E-state index >= 15 is 0 Å². The second kappa shape index (κ2) is 7.77. The Labute approximate surface area is 133 Å². The first-order chi connectivity index (χ1) is 10.8. The number of hydrogen-bond acceptors (Lipinski definition) is 2. The summed E-state index contributed by atoms with van der Waals surface area (Å²) in [6, 6.07) is 10.6. The lowest BCUT2D eigenvalue weighted by Crippen LogP contribution is -2.36. The number of nitrogens with one attached hydrogen (secondary N) is 1. The van der Waals surface area contributed by atoms with E-state index in [2.05, 4.69) is 29.6 Å². The Bertz CT molecular complexity index is 462. The van der Waals surface area contributed by atoms with Crippen molar-refractivity contribution in [2.75, 3.05) is 6.61 Å². The van der Waals surface area contributed by atoms with Crippen LogP contribution < -0.4 is 5.32 Å². The van der Waals surface area contributed by atoms with Gasteiger partial charge in [0.05, 0.1) is 18.6 Å². The first-order valence-electron chi connectivity index (χ1n) is 8.79. The molecule has 1 heterocycles. The molecule has 1 aliphatic heterocycles. The van der Waals surface area contributed by atoms with E-state index in [4.69, 9.17) is 4.74 Å². The Kier molecular flexibility index (Phi) is 5.49. The van der Waals surface area contributed by atoms with Gasteiger partial charge in [0.25, 0.3) is 0 Å². The minimum absolute atomic E-state index is 0.128. The normalized spacial score (nSPS) is 24.1.